The number of carbonyl (C=O) groups excluding carboxylic acids is 1. The van der Waals surface area contributed by atoms with Crippen molar-refractivity contribution in [3.8, 4) is 0 Å². The maximum Gasteiger partial charge on any atom is 0.240 e. The molecule has 1 saturated carbocycles. The van der Waals surface area contributed by atoms with Crippen LogP contribution in [0.25, 0.3) is 0 Å². The molecule has 0 aromatic rings. The van der Waals surface area contributed by atoms with Crippen LogP contribution in [0.2, 0.25) is 0 Å². The molecule has 3 nitrogen and oxygen atoms in total. The van der Waals surface area contributed by atoms with E-state index in [1.807, 2.05) is 0 Å². The molecule has 4 atom stereocenters. The highest BCUT2D eigenvalue weighted by Crippen LogP contribution is 2.35. The highest BCUT2D eigenvalue weighted by atomic mass is 35.5. The number of amides is 1. The Morgan fingerprint density at radius 2 is 2.11 bits per heavy atom. The van der Waals surface area contributed by atoms with Gasteiger partial charge >= 0.3 is 0 Å². The van der Waals surface area contributed by atoms with Crippen LogP contribution in [0.1, 0.15) is 46.0 Å². The van der Waals surface area contributed by atoms with Gasteiger partial charge in [0.2, 0.25) is 5.91 Å². The Bertz CT molecular complexity index is 301. The summed E-state index contributed by atoms with van der Waals surface area (Å²) in [6.07, 6.45) is 6.02. The van der Waals surface area contributed by atoms with Gasteiger partial charge in [0.05, 0.1) is 6.04 Å². The van der Waals surface area contributed by atoms with Gasteiger partial charge in [-0.25, -0.2) is 0 Å². The molecule has 2 aliphatic rings. The molecule has 1 aliphatic heterocycles. The summed E-state index contributed by atoms with van der Waals surface area (Å²) >= 11 is 2.06. The molecule has 2 fully saturated rings. The molecule has 2 N–H and O–H groups in total. The predicted octanol–water partition coefficient (Wildman–Crippen LogP) is 2.67. The van der Waals surface area contributed by atoms with Crippen molar-refractivity contribution in [1.82, 2.24) is 4.90 Å². The maximum atomic E-state index is 12.5. The first-order chi connectivity index (χ1) is 8.65. The molecule has 1 heterocycles. The average molecular weight is 307 g/mol. The van der Waals surface area contributed by atoms with Gasteiger partial charge in [-0.05, 0) is 18.8 Å². The van der Waals surface area contributed by atoms with E-state index in [9.17, 15) is 4.79 Å². The van der Waals surface area contributed by atoms with Gasteiger partial charge < -0.3 is 10.6 Å². The van der Waals surface area contributed by atoms with Crippen molar-refractivity contribution in [2.24, 2.45) is 11.7 Å². The van der Waals surface area contributed by atoms with E-state index in [0.717, 1.165) is 18.7 Å². The van der Waals surface area contributed by atoms with E-state index in [2.05, 4.69) is 30.5 Å². The van der Waals surface area contributed by atoms with Gasteiger partial charge in [0.1, 0.15) is 0 Å². The molecule has 0 aromatic heterocycles. The van der Waals surface area contributed by atoms with Crippen molar-refractivity contribution < 1.29 is 4.79 Å². The Morgan fingerprint density at radius 1 is 1.42 bits per heavy atom. The van der Waals surface area contributed by atoms with Crippen molar-refractivity contribution in [3.05, 3.63) is 0 Å². The minimum absolute atomic E-state index is 0. The van der Waals surface area contributed by atoms with Crippen molar-refractivity contribution in [1.29, 1.82) is 0 Å². The van der Waals surface area contributed by atoms with Crippen LogP contribution in [0.4, 0.5) is 0 Å². The third kappa shape index (κ3) is 3.79. The lowest BCUT2D eigenvalue weighted by molar-refractivity contribution is -0.136. The monoisotopic (exact) mass is 306 g/mol. The number of thioether (sulfide) groups is 1. The largest absolute Gasteiger partial charge is 0.336 e. The average Bonchev–Trinajstić information content (AvgIpc) is 2.44. The van der Waals surface area contributed by atoms with E-state index in [1.165, 1.54) is 25.7 Å². The normalized spacial score (nSPS) is 29.9. The van der Waals surface area contributed by atoms with Gasteiger partial charge in [0.15, 0.2) is 0 Å². The van der Waals surface area contributed by atoms with Gasteiger partial charge in [-0.2, -0.15) is 11.8 Å². The van der Waals surface area contributed by atoms with Gasteiger partial charge in [0.25, 0.3) is 0 Å². The van der Waals surface area contributed by atoms with E-state index in [0.29, 0.717) is 11.3 Å². The quantitative estimate of drug-likeness (QED) is 0.872. The lowest BCUT2D eigenvalue weighted by Crippen LogP contribution is -2.57. The molecule has 0 aromatic carbocycles. The van der Waals surface area contributed by atoms with Crippen molar-refractivity contribution in [2.75, 3.05) is 12.3 Å². The molecule has 1 saturated heterocycles. The van der Waals surface area contributed by atoms with Crippen LogP contribution in [0.5, 0.6) is 0 Å². The zero-order chi connectivity index (χ0) is 13.1. The summed E-state index contributed by atoms with van der Waals surface area (Å²) in [5.74, 6) is 1.57. The van der Waals surface area contributed by atoms with Gasteiger partial charge in [-0.1, -0.05) is 33.1 Å². The Labute approximate surface area is 127 Å². The zero-order valence-corrected chi connectivity index (χ0v) is 13.6. The lowest BCUT2D eigenvalue weighted by atomic mass is 9.91. The second-order valence-corrected chi connectivity index (χ2v) is 7.05. The number of carbonyl (C=O) groups is 1. The van der Waals surface area contributed by atoms with Crippen molar-refractivity contribution >= 4 is 30.1 Å². The summed E-state index contributed by atoms with van der Waals surface area (Å²) in [6, 6.07) is 0.154. The van der Waals surface area contributed by atoms with Crippen LogP contribution in [0.15, 0.2) is 0 Å². The molecule has 0 spiro atoms. The summed E-state index contributed by atoms with van der Waals surface area (Å²) < 4.78 is 0. The fraction of sp³-hybridized carbons (Fsp3) is 0.929. The first kappa shape index (κ1) is 17.1. The topological polar surface area (TPSA) is 46.3 Å². The van der Waals surface area contributed by atoms with Gasteiger partial charge in [-0.3, -0.25) is 4.79 Å². The second-order valence-electron chi connectivity index (χ2n) is 5.70. The molecule has 0 bridgehead atoms. The van der Waals surface area contributed by atoms with Gasteiger partial charge in [-0.15, -0.1) is 12.4 Å². The molecule has 4 unspecified atom stereocenters. The van der Waals surface area contributed by atoms with E-state index in [-0.39, 0.29) is 30.3 Å². The molecule has 19 heavy (non-hydrogen) atoms. The fourth-order valence-electron chi connectivity index (χ4n) is 3.06. The molecular weight excluding hydrogens is 280 g/mol. The Hall–Kier alpha value is 0.0700. The fourth-order valence-corrected chi connectivity index (χ4v) is 4.50. The van der Waals surface area contributed by atoms with Crippen LogP contribution in [-0.2, 0) is 4.79 Å². The third-order valence-electron chi connectivity index (χ3n) is 4.56. The van der Waals surface area contributed by atoms with Crippen LogP contribution < -0.4 is 5.73 Å². The second kappa shape index (κ2) is 7.75. The van der Waals surface area contributed by atoms with Crippen molar-refractivity contribution in [3.63, 3.8) is 0 Å². The van der Waals surface area contributed by atoms with E-state index >= 15 is 0 Å². The lowest BCUT2D eigenvalue weighted by Gasteiger charge is -2.44. The highest BCUT2D eigenvalue weighted by molar-refractivity contribution is 8.00. The van der Waals surface area contributed by atoms with E-state index in [4.69, 9.17) is 5.73 Å². The highest BCUT2D eigenvalue weighted by Gasteiger charge is 2.38. The minimum atomic E-state index is -0.305. The number of nitrogens with zero attached hydrogens (tertiary/aromatic N) is 1. The van der Waals surface area contributed by atoms with Crippen LogP contribution in [0, 0.1) is 5.92 Å². The number of hydrogen-bond donors (Lipinski definition) is 1. The van der Waals surface area contributed by atoms with Crippen LogP contribution in [0.3, 0.4) is 0 Å². The standard InChI is InChI=1S/C14H26N2OS.ClH/c1-3-10(2)13(15)14(17)16-8-9-18-12-7-5-4-6-11(12)16;/h10-13H,3-9,15H2,1-2H3;1H. The molecule has 2 rings (SSSR count). The minimum Gasteiger partial charge on any atom is -0.336 e. The van der Waals surface area contributed by atoms with E-state index in [1.54, 1.807) is 0 Å². The SMILES string of the molecule is CCC(C)C(N)C(=O)N1CCSC2CCCCC21.Cl. The Kier molecular flexibility index (Phi) is 6.98. The van der Waals surface area contributed by atoms with Crippen LogP contribution >= 0.6 is 24.2 Å². The third-order valence-corrected chi connectivity index (χ3v) is 5.95. The number of nitrogens with two attached hydrogens (primary N) is 1. The Balaban J connectivity index is 0.00000180. The molecule has 0 radical (unpaired) electrons. The summed E-state index contributed by atoms with van der Waals surface area (Å²) in [5, 5.41) is 0.667. The predicted molar refractivity (Wildman–Crippen MR) is 84.9 cm³/mol. The van der Waals surface area contributed by atoms with Crippen LogP contribution in [-0.4, -0.2) is 40.4 Å². The first-order valence-corrected chi connectivity index (χ1v) is 8.37. The molecule has 1 amide bonds. The summed E-state index contributed by atoms with van der Waals surface area (Å²) in [6.45, 7) is 5.09. The molecular formula is C14H27ClN2OS. The van der Waals surface area contributed by atoms with E-state index < -0.39 is 0 Å². The summed E-state index contributed by atoms with van der Waals surface area (Å²) in [4.78, 5) is 14.7. The molecule has 112 valence electrons. The molecule has 5 heteroatoms. The Morgan fingerprint density at radius 3 is 2.79 bits per heavy atom. The van der Waals surface area contributed by atoms with Crippen molar-refractivity contribution in [2.45, 2.75) is 63.3 Å². The number of halogens is 1. The number of fused-ring (bicyclic) bond motifs is 1. The maximum absolute atomic E-state index is 12.5. The van der Waals surface area contributed by atoms with Gasteiger partial charge in [0, 0.05) is 23.6 Å². The smallest absolute Gasteiger partial charge is 0.240 e. The summed E-state index contributed by atoms with van der Waals surface area (Å²) in [5.41, 5.74) is 6.13. The number of rotatable bonds is 3. The first-order valence-electron chi connectivity index (χ1n) is 7.32. The number of hydrogen-bond acceptors (Lipinski definition) is 3. The molecule has 1 aliphatic carbocycles. The zero-order valence-electron chi connectivity index (χ0n) is 12.0. The summed E-state index contributed by atoms with van der Waals surface area (Å²) in [7, 11) is 0.